The molecule has 0 aromatic carbocycles. The maximum atomic E-state index is 12.4. The van der Waals surface area contributed by atoms with Crippen LogP contribution in [0.25, 0.3) is 0 Å². The van der Waals surface area contributed by atoms with Gasteiger partial charge in [0, 0.05) is 37.9 Å². The second-order valence-electron chi connectivity index (χ2n) is 6.33. The third kappa shape index (κ3) is 3.71. The molecule has 1 aromatic heterocycles. The second-order valence-corrected chi connectivity index (χ2v) is 6.33. The van der Waals surface area contributed by atoms with Gasteiger partial charge in [0.25, 0.3) is 0 Å². The minimum atomic E-state index is 0.309. The van der Waals surface area contributed by atoms with Crippen molar-refractivity contribution in [2.75, 3.05) is 20.1 Å². The topological polar surface area (TPSA) is 49.3 Å². The molecule has 118 valence electrons. The number of nitrogens with zero attached hydrogens (tertiary/aromatic N) is 4. The molecule has 3 rings (SSSR count). The summed E-state index contributed by atoms with van der Waals surface area (Å²) in [5.74, 6) is 1.61. The van der Waals surface area contributed by atoms with Gasteiger partial charge in [-0.1, -0.05) is 12.2 Å². The van der Waals surface area contributed by atoms with Crippen LogP contribution in [0.3, 0.4) is 0 Å². The van der Waals surface area contributed by atoms with E-state index in [-0.39, 0.29) is 0 Å². The van der Waals surface area contributed by atoms with E-state index in [1.807, 2.05) is 11.0 Å². The minimum absolute atomic E-state index is 0.309. The summed E-state index contributed by atoms with van der Waals surface area (Å²) < 4.78 is 0. The first-order valence-corrected chi connectivity index (χ1v) is 8.13. The molecule has 0 bridgehead atoms. The predicted octanol–water partition coefficient (Wildman–Crippen LogP) is 1.87. The van der Waals surface area contributed by atoms with Crippen LogP contribution in [0.1, 0.15) is 31.5 Å². The highest BCUT2D eigenvalue weighted by molar-refractivity contribution is 5.77. The first-order chi connectivity index (χ1) is 10.7. The molecule has 22 heavy (non-hydrogen) atoms. The van der Waals surface area contributed by atoms with Crippen LogP contribution in [0.2, 0.25) is 0 Å². The average molecular weight is 300 g/mol. The molecule has 1 amide bonds. The van der Waals surface area contributed by atoms with Gasteiger partial charge in [-0.2, -0.15) is 0 Å². The van der Waals surface area contributed by atoms with E-state index in [0.29, 0.717) is 24.3 Å². The Balaban J connectivity index is 1.48. The summed E-state index contributed by atoms with van der Waals surface area (Å²) in [5.41, 5.74) is 0. The number of hydrogen-bond acceptors (Lipinski definition) is 4. The number of likely N-dealkylation sites (N-methyl/N-ethyl adjacent to an activating group) is 1. The standard InChI is InChI=1S/C17H24N4O/c1-20(13-16-18-8-4-9-19-16)15-7-10-21(12-15)17(22)11-14-5-2-3-6-14/h2,4-5,8-9,14-15H,3,6-7,10-13H2,1H3/t14-,15+/m0/s1. The van der Waals surface area contributed by atoms with Crippen molar-refractivity contribution in [2.24, 2.45) is 5.92 Å². The van der Waals surface area contributed by atoms with Crippen LogP contribution >= 0.6 is 0 Å². The fourth-order valence-electron chi connectivity index (χ4n) is 3.31. The first-order valence-electron chi connectivity index (χ1n) is 8.13. The normalized spacial score (nSPS) is 24.4. The van der Waals surface area contributed by atoms with Crippen molar-refractivity contribution in [1.82, 2.24) is 19.8 Å². The van der Waals surface area contributed by atoms with E-state index in [1.54, 1.807) is 12.4 Å². The van der Waals surface area contributed by atoms with Crippen LogP contribution in [0.15, 0.2) is 30.6 Å². The SMILES string of the molecule is CN(Cc1ncccn1)[C@@H]1CCN(C(=O)C[C@H]2C=CCC2)C1. The molecular weight excluding hydrogens is 276 g/mol. The van der Waals surface area contributed by atoms with Gasteiger partial charge in [0.2, 0.25) is 5.91 Å². The van der Waals surface area contributed by atoms with Gasteiger partial charge in [-0.05, 0) is 38.3 Å². The highest BCUT2D eigenvalue weighted by Gasteiger charge is 2.30. The number of carbonyl (C=O) groups is 1. The fraction of sp³-hybridized carbons (Fsp3) is 0.588. The number of hydrogen-bond donors (Lipinski definition) is 0. The van der Waals surface area contributed by atoms with E-state index >= 15 is 0 Å². The van der Waals surface area contributed by atoms with Crippen molar-refractivity contribution in [3.63, 3.8) is 0 Å². The van der Waals surface area contributed by atoms with Gasteiger partial charge < -0.3 is 4.90 Å². The summed E-state index contributed by atoms with van der Waals surface area (Å²) in [7, 11) is 2.09. The lowest BCUT2D eigenvalue weighted by molar-refractivity contribution is -0.131. The number of likely N-dealkylation sites (tertiary alicyclic amines) is 1. The van der Waals surface area contributed by atoms with Crippen molar-refractivity contribution in [3.8, 4) is 0 Å². The average Bonchev–Trinajstić information content (AvgIpc) is 3.19. The molecule has 0 unspecified atom stereocenters. The molecule has 0 radical (unpaired) electrons. The molecule has 1 aromatic rings. The summed E-state index contributed by atoms with van der Waals surface area (Å²) >= 11 is 0. The molecule has 5 nitrogen and oxygen atoms in total. The van der Waals surface area contributed by atoms with Gasteiger partial charge in [-0.3, -0.25) is 9.69 Å². The summed E-state index contributed by atoms with van der Waals surface area (Å²) in [4.78, 5) is 25.2. The zero-order valence-electron chi connectivity index (χ0n) is 13.2. The van der Waals surface area contributed by atoms with Gasteiger partial charge in [-0.25, -0.2) is 9.97 Å². The van der Waals surface area contributed by atoms with Crippen LogP contribution in [-0.4, -0.2) is 51.9 Å². The number of rotatable bonds is 5. The number of carbonyl (C=O) groups excluding carboxylic acids is 1. The monoisotopic (exact) mass is 300 g/mol. The van der Waals surface area contributed by atoms with Gasteiger partial charge in [0.05, 0.1) is 6.54 Å². The van der Waals surface area contributed by atoms with Crippen molar-refractivity contribution in [3.05, 3.63) is 36.4 Å². The molecule has 2 heterocycles. The quantitative estimate of drug-likeness (QED) is 0.779. The molecule has 2 atom stereocenters. The Morgan fingerprint density at radius 3 is 2.91 bits per heavy atom. The van der Waals surface area contributed by atoms with Crippen LogP contribution in [0, 0.1) is 5.92 Å². The maximum absolute atomic E-state index is 12.4. The van der Waals surface area contributed by atoms with E-state index < -0.39 is 0 Å². The number of aromatic nitrogens is 2. The number of allylic oxidation sites excluding steroid dienone is 2. The molecule has 1 aliphatic heterocycles. The zero-order chi connectivity index (χ0) is 15.4. The highest BCUT2D eigenvalue weighted by atomic mass is 16.2. The highest BCUT2D eigenvalue weighted by Crippen LogP contribution is 2.23. The fourth-order valence-corrected chi connectivity index (χ4v) is 3.31. The molecule has 1 fully saturated rings. The zero-order valence-corrected chi connectivity index (χ0v) is 13.2. The summed E-state index contributed by atoms with van der Waals surface area (Å²) in [6, 6.07) is 2.24. The van der Waals surface area contributed by atoms with Crippen LogP contribution in [0.5, 0.6) is 0 Å². The maximum Gasteiger partial charge on any atom is 0.223 e. The van der Waals surface area contributed by atoms with Crippen LogP contribution in [-0.2, 0) is 11.3 Å². The Morgan fingerprint density at radius 1 is 1.36 bits per heavy atom. The van der Waals surface area contributed by atoms with E-state index in [9.17, 15) is 4.79 Å². The van der Waals surface area contributed by atoms with Gasteiger partial charge in [0.15, 0.2) is 0 Å². The Labute approximate surface area is 132 Å². The summed E-state index contributed by atoms with van der Waals surface area (Å²) in [6.45, 7) is 2.44. The minimum Gasteiger partial charge on any atom is -0.341 e. The van der Waals surface area contributed by atoms with Gasteiger partial charge in [-0.15, -0.1) is 0 Å². The van der Waals surface area contributed by atoms with Crippen molar-refractivity contribution >= 4 is 5.91 Å². The van der Waals surface area contributed by atoms with E-state index in [4.69, 9.17) is 0 Å². The molecular formula is C17H24N4O. The van der Waals surface area contributed by atoms with Crippen LogP contribution < -0.4 is 0 Å². The van der Waals surface area contributed by atoms with Crippen molar-refractivity contribution in [1.29, 1.82) is 0 Å². The molecule has 5 heteroatoms. The molecule has 1 aliphatic carbocycles. The Bertz CT molecular complexity index is 531. The molecule has 0 N–H and O–H groups in total. The first kappa shape index (κ1) is 15.2. The Morgan fingerprint density at radius 2 is 2.18 bits per heavy atom. The van der Waals surface area contributed by atoms with E-state index in [1.165, 1.54) is 0 Å². The lowest BCUT2D eigenvalue weighted by Crippen LogP contribution is -2.36. The summed E-state index contributed by atoms with van der Waals surface area (Å²) in [6.07, 6.45) is 11.9. The molecule has 0 spiro atoms. The lowest BCUT2D eigenvalue weighted by atomic mass is 10.0. The Hall–Kier alpha value is -1.75. The van der Waals surface area contributed by atoms with Gasteiger partial charge >= 0.3 is 0 Å². The van der Waals surface area contributed by atoms with Crippen LogP contribution in [0.4, 0.5) is 0 Å². The summed E-state index contributed by atoms with van der Waals surface area (Å²) in [5, 5.41) is 0. The largest absolute Gasteiger partial charge is 0.341 e. The number of amides is 1. The molecule has 0 saturated carbocycles. The Kier molecular flexibility index (Phi) is 4.83. The molecule has 1 saturated heterocycles. The smallest absolute Gasteiger partial charge is 0.223 e. The predicted molar refractivity (Wildman–Crippen MR) is 85.0 cm³/mol. The second kappa shape index (κ2) is 7.01. The third-order valence-corrected chi connectivity index (χ3v) is 4.70. The van der Waals surface area contributed by atoms with Crippen molar-refractivity contribution < 1.29 is 4.79 Å². The van der Waals surface area contributed by atoms with E-state index in [2.05, 4.69) is 34.1 Å². The van der Waals surface area contributed by atoms with Crippen molar-refractivity contribution in [2.45, 2.75) is 38.3 Å². The van der Waals surface area contributed by atoms with E-state index in [0.717, 1.165) is 44.7 Å². The van der Waals surface area contributed by atoms with Gasteiger partial charge in [0.1, 0.15) is 5.82 Å². The third-order valence-electron chi connectivity index (χ3n) is 4.70. The lowest BCUT2D eigenvalue weighted by Gasteiger charge is -2.24. The molecule has 2 aliphatic rings.